The molecule has 4 rings (SSSR count). The van der Waals surface area contributed by atoms with Crippen LogP contribution in [0.5, 0.6) is 5.75 Å². The van der Waals surface area contributed by atoms with Crippen LogP contribution in [0.3, 0.4) is 0 Å². The molecule has 13 heteroatoms. The van der Waals surface area contributed by atoms with Crippen molar-refractivity contribution in [3.8, 4) is 5.75 Å². The molecule has 0 bridgehead atoms. The van der Waals surface area contributed by atoms with E-state index >= 15 is 0 Å². The lowest BCUT2D eigenvalue weighted by molar-refractivity contribution is -0.457. The molecule has 0 aromatic heterocycles. The van der Waals surface area contributed by atoms with Gasteiger partial charge in [0.2, 0.25) is 0 Å². The molecule has 0 spiro atoms. The van der Waals surface area contributed by atoms with E-state index < -0.39 is 37.3 Å². The summed E-state index contributed by atoms with van der Waals surface area (Å²) in [4.78, 5) is 0. The summed E-state index contributed by atoms with van der Waals surface area (Å²) in [5, 5.41) is 12.3. The maximum absolute atomic E-state index is 12.9. The number of alkyl halides is 9. The van der Waals surface area contributed by atoms with Gasteiger partial charge in [-0.05, 0) is 85.0 Å². The van der Waals surface area contributed by atoms with E-state index in [1.165, 1.54) is 11.1 Å². The first-order valence-electron chi connectivity index (χ1n) is 16.0. The Hall–Kier alpha value is -1.73. The van der Waals surface area contributed by atoms with E-state index in [0.717, 1.165) is 38.5 Å². The quantitative estimate of drug-likeness (QED) is 0.214. The Morgan fingerprint density at radius 2 is 1.36 bits per heavy atom. The number of aromatic hydroxyl groups is 1. The van der Waals surface area contributed by atoms with Crippen molar-refractivity contribution in [1.29, 1.82) is 0 Å². The standard InChI is InChI=1S/C26H32F9NO3.3C2H6/c1-22-9-8-18-17-5-3-16(37)14-15(17)2-4-19(18)20(22)6-7-21(22)38-12-10-36-11-13-39-23(24(27,28)29,25(30,31)32)26(33,34)35;3*1-2/h3,5,14,18-21,36-37H,2,4,6-13H2,1H3;3*1-2H3. The molecule has 1 aromatic rings. The van der Waals surface area contributed by atoms with Crippen LogP contribution in [0.25, 0.3) is 0 Å². The van der Waals surface area contributed by atoms with Gasteiger partial charge in [-0.15, -0.1) is 0 Å². The van der Waals surface area contributed by atoms with Gasteiger partial charge in [0.15, 0.2) is 0 Å². The molecule has 2 fully saturated rings. The van der Waals surface area contributed by atoms with Crippen molar-refractivity contribution in [3.05, 3.63) is 29.3 Å². The number of hydrogen-bond acceptors (Lipinski definition) is 4. The molecule has 1 aromatic carbocycles. The van der Waals surface area contributed by atoms with E-state index in [1.54, 1.807) is 6.07 Å². The average molecular weight is 668 g/mol. The Kier molecular flexibility index (Phi) is 15.5. The number of aryl methyl sites for hydroxylation is 1. The topological polar surface area (TPSA) is 50.7 Å². The summed E-state index contributed by atoms with van der Waals surface area (Å²) in [7, 11) is 0. The van der Waals surface area contributed by atoms with Crippen molar-refractivity contribution in [3.63, 3.8) is 0 Å². The number of benzene rings is 1. The molecule has 4 nitrogen and oxygen atoms in total. The van der Waals surface area contributed by atoms with Crippen molar-refractivity contribution in [1.82, 2.24) is 5.32 Å². The zero-order valence-corrected chi connectivity index (χ0v) is 27.3. The monoisotopic (exact) mass is 667 g/mol. The molecule has 3 aliphatic rings. The summed E-state index contributed by atoms with van der Waals surface area (Å²) in [6.45, 7) is 12.2. The maximum Gasteiger partial charge on any atom is 0.435 e. The second-order valence-electron chi connectivity index (χ2n) is 11.1. The Balaban J connectivity index is 0.00000159. The minimum atomic E-state index is -6.73. The number of hydrogen-bond donors (Lipinski definition) is 2. The number of phenolic OH excluding ortho intramolecular Hbond substituents is 1. The lowest BCUT2D eigenvalue weighted by Crippen LogP contribution is -2.68. The summed E-state index contributed by atoms with van der Waals surface area (Å²) in [6.07, 6.45) is -14.7. The largest absolute Gasteiger partial charge is 0.508 e. The number of rotatable bonds is 8. The Morgan fingerprint density at radius 3 is 1.91 bits per heavy atom. The highest BCUT2D eigenvalue weighted by Gasteiger charge is 2.85. The number of nitrogens with one attached hydrogen (secondary N) is 1. The first kappa shape index (κ1) is 41.3. The van der Waals surface area contributed by atoms with Gasteiger partial charge in [-0.2, -0.15) is 39.5 Å². The third kappa shape index (κ3) is 8.60. The minimum absolute atomic E-state index is 0.0284. The van der Waals surface area contributed by atoms with E-state index in [4.69, 9.17) is 4.74 Å². The van der Waals surface area contributed by atoms with Gasteiger partial charge in [0.25, 0.3) is 0 Å². The van der Waals surface area contributed by atoms with Crippen LogP contribution in [0.15, 0.2) is 18.2 Å². The lowest BCUT2D eigenvalue weighted by atomic mass is 9.55. The molecule has 2 saturated carbocycles. The SMILES string of the molecule is CC.CC.CC.CC12CCC3c4ccc(O)cc4CCC3C1CCC2OCCNCCOC(C(F)(F)F)(C(F)(F)F)C(F)(F)F. The second-order valence-corrected chi connectivity index (χ2v) is 11.1. The molecule has 0 aliphatic heterocycles. The van der Waals surface area contributed by atoms with E-state index in [0.29, 0.717) is 17.8 Å². The van der Waals surface area contributed by atoms with Crippen LogP contribution in [0.2, 0.25) is 0 Å². The zero-order chi connectivity index (χ0) is 34.9. The maximum atomic E-state index is 12.9. The van der Waals surface area contributed by atoms with Gasteiger partial charge in [-0.1, -0.05) is 54.5 Å². The zero-order valence-electron chi connectivity index (χ0n) is 27.3. The predicted molar refractivity (Wildman–Crippen MR) is 156 cm³/mol. The fourth-order valence-corrected chi connectivity index (χ4v) is 7.20. The number of halogens is 9. The molecule has 45 heavy (non-hydrogen) atoms. The molecule has 5 atom stereocenters. The number of phenols is 1. The Morgan fingerprint density at radius 1 is 0.800 bits per heavy atom. The highest BCUT2D eigenvalue weighted by atomic mass is 19.4. The first-order valence-corrected chi connectivity index (χ1v) is 16.0. The van der Waals surface area contributed by atoms with Crippen LogP contribution in [0, 0.1) is 17.3 Å². The fourth-order valence-electron chi connectivity index (χ4n) is 7.20. The van der Waals surface area contributed by atoms with E-state index in [1.807, 2.05) is 53.7 Å². The number of ether oxygens (including phenoxy) is 2. The van der Waals surface area contributed by atoms with Crippen LogP contribution < -0.4 is 5.32 Å². The highest BCUT2D eigenvalue weighted by Crippen LogP contribution is 2.61. The summed E-state index contributed by atoms with van der Waals surface area (Å²) in [5.41, 5.74) is -3.84. The van der Waals surface area contributed by atoms with Gasteiger partial charge >= 0.3 is 24.1 Å². The molecular formula is C32H50F9NO3. The lowest BCUT2D eigenvalue weighted by Gasteiger charge is -2.50. The molecule has 0 radical (unpaired) electrons. The van der Waals surface area contributed by atoms with Crippen LogP contribution in [-0.2, 0) is 15.9 Å². The van der Waals surface area contributed by atoms with E-state index in [9.17, 15) is 44.6 Å². The van der Waals surface area contributed by atoms with Gasteiger partial charge in [0.1, 0.15) is 5.75 Å². The first-order chi connectivity index (χ1) is 21.0. The highest BCUT2D eigenvalue weighted by molar-refractivity contribution is 5.40. The van der Waals surface area contributed by atoms with E-state index in [2.05, 4.69) is 17.0 Å². The van der Waals surface area contributed by atoms with Gasteiger partial charge in [0, 0.05) is 13.1 Å². The molecule has 264 valence electrons. The third-order valence-corrected chi connectivity index (χ3v) is 9.02. The summed E-state index contributed by atoms with van der Waals surface area (Å²) in [5.74, 6) is 1.61. The van der Waals surface area contributed by atoms with Gasteiger partial charge in [0.05, 0.1) is 19.3 Å². The number of fused-ring (bicyclic) bond motifs is 5. The van der Waals surface area contributed by atoms with Gasteiger partial charge < -0.3 is 19.9 Å². The molecule has 0 heterocycles. The van der Waals surface area contributed by atoms with Crippen molar-refractivity contribution in [2.24, 2.45) is 17.3 Å². The van der Waals surface area contributed by atoms with Crippen molar-refractivity contribution >= 4 is 0 Å². The van der Waals surface area contributed by atoms with Crippen molar-refractivity contribution in [2.75, 3.05) is 26.3 Å². The summed E-state index contributed by atoms with van der Waals surface area (Å²) < 4.78 is 126. The molecule has 3 aliphatic carbocycles. The second kappa shape index (κ2) is 16.9. The normalized spacial score (nSPS) is 26.0. The third-order valence-electron chi connectivity index (χ3n) is 9.02. The molecular weight excluding hydrogens is 617 g/mol. The van der Waals surface area contributed by atoms with Crippen molar-refractivity contribution < 1.29 is 54.1 Å². The smallest absolute Gasteiger partial charge is 0.435 e. The summed E-state index contributed by atoms with van der Waals surface area (Å²) in [6, 6.07) is 5.58. The van der Waals surface area contributed by atoms with Crippen LogP contribution in [0.1, 0.15) is 97.6 Å². The van der Waals surface area contributed by atoms with Crippen LogP contribution in [0.4, 0.5) is 39.5 Å². The minimum Gasteiger partial charge on any atom is -0.508 e. The van der Waals surface area contributed by atoms with Gasteiger partial charge in [-0.25, -0.2) is 0 Å². The Labute approximate surface area is 261 Å². The summed E-state index contributed by atoms with van der Waals surface area (Å²) >= 11 is 0. The van der Waals surface area contributed by atoms with Crippen molar-refractivity contribution in [2.45, 2.75) is 123 Å². The van der Waals surface area contributed by atoms with E-state index in [-0.39, 0.29) is 30.4 Å². The Bertz CT molecular complexity index is 977. The van der Waals surface area contributed by atoms with Crippen LogP contribution in [-0.4, -0.2) is 61.6 Å². The molecule has 0 amide bonds. The van der Waals surface area contributed by atoms with Crippen LogP contribution >= 0.6 is 0 Å². The average Bonchev–Trinajstić information content (AvgIpc) is 3.31. The molecule has 0 saturated heterocycles. The van der Waals surface area contributed by atoms with Gasteiger partial charge in [-0.3, -0.25) is 0 Å². The molecule has 2 N–H and O–H groups in total. The fraction of sp³-hybridized carbons (Fsp3) is 0.812. The predicted octanol–water partition coefficient (Wildman–Crippen LogP) is 9.74. The molecule has 5 unspecified atom stereocenters.